The molecule has 2 heterocycles. The number of carbonyl (C=O) groups is 1. The summed E-state index contributed by atoms with van der Waals surface area (Å²) in [7, 11) is 0. The molecule has 6 nitrogen and oxygen atoms in total. The second-order valence-corrected chi connectivity index (χ2v) is 7.93. The zero-order valence-electron chi connectivity index (χ0n) is 17.4. The van der Waals surface area contributed by atoms with Crippen LogP contribution < -0.4 is 25.8 Å². The monoisotopic (exact) mass is 393 g/mol. The van der Waals surface area contributed by atoms with Crippen LogP contribution in [0.25, 0.3) is 0 Å². The minimum atomic E-state index is -0.0521. The summed E-state index contributed by atoms with van der Waals surface area (Å²) < 4.78 is 0. The number of rotatable bonds is 4. The van der Waals surface area contributed by atoms with E-state index in [1.807, 2.05) is 19.1 Å². The van der Waals surface area contributed by atoms with E-state index in [0.29, 0.717) is 0 Å². The average Bonchev–Trinajstić information content (AvgIpc) is 2.75. The predicted octanol–water partition coefficient (Wildman–Crippen LogP) is 2.37. The highest BCUT2D eigenvalue weighted by molar-refractivity contribution is 6.05. The summed E-state index contributed by atoms with van der Waals surface area (Å²) in [5.41, 5.74) is 6.21. The van der Waals surface area contributed by atoms with Crippen LogP contribution in [-0.4, -0.2) is 58.3 Å². The predicted molar refractivity (Wildman–Crippen MR) is 120 cm³/mol. The Bertz CT molecular complexity index is 870. The molecule has 2 aliphatic heterocycles. The van der Waals surface area contributed by atoms with Crippen LogP contribution in [0, 0.1) is 13.8 Å². The highest BCUT2D eigenvalue weighted by Crippen LogP contribution is 2.25. The number of piperazine rings is 2. The van der Waals surface area contributed by atoms with Crippen LogP contribution in [-0.2, 0) is 0 Å². The van der Waals surface area contributed by atoms with E-state index in [1.165, 1.54) is 16.9 Å². The van der Waals surface area contributed by atoms with Gasteiger partial charge in [-0.3, -0.25) is 4.79 Å². The van der Waals surface area contributed by atoms with Gasteiger partial charge in [-0.05, 0) is 61.4 Å². The summed E-state index contributed by atoms with van der Waals surface area (Å²) in [4.78, 5) is 17.6. The number of hydrogen-bond donors (Lipinski definition) is 3. The van der Waals surface area contributed by atoms with Crippen molar-refractivity contribution in [2.75, 3.05) is 67.5 Å². The topological polar surface area (TPSA) is 59.6 Å². The van der Waals surface area contributed by atoms with E-state index in [1.54, 1.807) is 0 Å². The molecule has 2 aromatic rings. The molecule has 0 radical (unpaired) electrons. The fourth-order valence-corrected chi connectivity index (χ4v) is 4.21. The molecule has 0 saturated carbocycles. The summed E-state index contributed by atoms with van der Waals surface area (Å²) >= 11 is 0. The first-order chi connectivity index (χ1) is 14.1. The van der Waals surface area contributed by atoms with E-state index in [9.17, 15) is 4.79 Å². The van der Waals surface area contributed by atoms with Crippen molar-refractivity contribution in [2.24, 2.45) is 0 Å². The van der Waals surface area contributed by atoms with Gasteiger partial charge in [0.15, 0.2) is 0 Å². The van der Waals surface area contributed by atoms with E-state index < -0.39 is 0 Å². The number of amides is 1. The molecule has 154 valence electrons. The zero-order valence-corrected chi connectivity index (χ0v) is 17.4. The van der Waals surface area contributed by atoms with Crippen LogP contribution in [0.3, 0.4) is 0 Å². The van der Waals surface area contributed by atoms with Gasteiger partial charge in [0, 0.05) is 75.0 Å². The molecule has 2 fully saturated rings. The van der Waals surface area contributed by atoms with Gasteiger partial charge in [0.1, 0.15) is 0 Å². The molecule has 6 heteroatoms. The van der Waals surface area contributed by atoms with Crippen LogP contribution in [0.15, 0.2) is 36.4 Å². The second-order valence-electron chi connectivity index (χ2n) is 7.93. The smallest absolute Gasteiger partial charge is 0.255 e. The molecule has 2 saturated heterocycles. The summed E-state index contributed by atoms with van der Waals surface area (Å²) in [6, 6.07) is 12.3. The average molecular weight is 394 g/mol. The molecule has 1 amide bonds. The molecular weight excluding hydrogens is 362 g/mol. The molecule has 0 spiro atoms. The molecule has 0 unspecified atom stereocenters. The number of anilines is 3. The normalized spacial score (nSPS) is 17.3. The highest BCUT2D eigenvalue weighted by atomic mass is 16.1. The summed E-state index contributed by atoms with van der Waals surface area (Å²) in [6.07, 6.45) is 0. The summed E-state index contributed by atoms with van der Waals surface area (Å²) in [6.45, 7) is 12.2. The van der Waals surface area contributed by atoms with Gasteiger partial charge >= 0.3 is 0 Å². The van der Waals surface area contributed by atoms with Crippen LogP contribution in [0.1, 0.15) is 21.5 Å². The van der Waals surface area contributed by atoms with Crippen LogP contribution >= 0.6 is 0 Å². The maximum atomic E-state index is 12.9. The van der Waals surface area contributed by atoms with Gasteiger partial charge in [-0.25, -0.2) is 0 Å². The Hall–Kier alpha value is -2.57. The van der Waals surface area contributed by atoms with Gasteiger partial charge in [-0.15, -0.1) is 0 Å². The number of aryl methyl sites for hydroxylation is 2. The van der Waals surface area contributed by atoms with Crippen molar-refractivity contribution in [3.63, 3.8) is 0 Å². The maximum Gasteiger partial charge on any atom is 0.255 e. The fraction of sp³-hybridized carbons (Fsp3) is 0.435. The third-order valence-corrected chi connectivity index (χ3v) is 5.85. The lowest BCUT2D eigenvalue weighted by molar-refractivity contribution is 0.102. The van der Waals surface area contributed by atoms with Gasteiger partial charge in [0.25, 0.3) is 5.91 Å². The first kappa shape index (κ1) is 19.7. The lowest BCUT2D eigenvalue weighted by Gasteiger charge is -2.31. The Morgan fingerprint density at radius 2 is 1.48 bits per heavy atom. The van der Waals surface area contributed by atoms with Crippen LogP contribution in [0.4, 0.5) is 17.1 Å². The lowest BCUT2D eigenvalue weighted by atomic mass is 10.1. The molecule has 3 N–H and O–H groups in total. The number of benzene rings is 2. The largest absolute Gasteiger partial charge is 0.369 e. The molecule has 0 atom stereocenters. The minimum Gasteiger partial charge on any atom is -0.369 e. The first-order valence-electron chi connectivity index (χ1n) is 10.6. The van der Waals surface area contributed by atoms with E-state index >= 15 is 0 Å². The van der Waals surface area contributed by atoms with Crippen molar-refractivity contribution in [2.45, 2.75) is 13.8 Å². The number of nitrogens with one attached hydrogen (secondary N) is 3. The Balaban J connectivity index is 1.45. The highest BCUT2D eigenvalue weighted by Gasteiger charge is 2.16. The molecular formula is C23H31N5O. The first-order valence-corrected chi connectivity index (χ1v) is 10.6. The summed E-state index contributed by atoms with van der Waals surface area (Å²) in [5.74, 6) is -0.0521. The van der Waals surface area contributed by atoms with Gasteiger partial charge in [-0.2, -0.15) is 0 Å². The number of carbonyl (C=O) groups excluding carboxylic acids is 1. The van der Waals surface area contributed by atoms with E-state index in [4.69, 9.17) is 0 Å². The van der Waals surface area contributed by atoms with Crippen LogP contribution in [0.2, 0.25) is 0 Å². The summed E-state index contributed by atoms with van der Waals surface area (Å²) in [5, 5.41) is 9.83. The number of hydrogen-bond acceptors (Lipinski definition) is 5. The van der Waals surface area contributed by atoms with Gasteiger partial charge in [0.2, 0.25) is 0 Å². The third-order valence-electron chi connectivity index (χ3n) is 5.85. The molecule has 0 aliphatic carbocycles. The molecule has 0 aromatic heterocycles. The fourth-order valence-electron chi connectivity index (χ4n) is 4.21. The molecule has 2 aromatic carbocycles. The zero-order chi connectivity index (χ0) is 20.2. The van der Waals surface area contributed by atoms with Crippen molar-refractivity contribution in [1.29, 1.82) is 0 Å². The van der Waals surface area contributed by atoms with Gasteiger partial charge in [-0.1, -0.05) is 0 Å². The molecule has 4 rings (SSSR count). The second kappa shape index (κ2) is 8.84. The standard InChI is InChI=1S/C23H31N5O/c1-17-16-20(27-11-7-24-8-12-27)4-5-21(17)23(29)26-19-3-6-22(18(2)15-19)28-13-9-25-10-14-28/h3-6,15-16,24-25H,7-14H2,1-2H3,(H,26,29). The Labute approximate surface area is 173 Å². The third kappa shape index (κ3) is 4.54. The Morgan fingerprint density at radius 1 is 0.828 bits per heavy atom. The Kier molecular flexibility index (Phi) is 6.02. The van der Waals surface area contributed by atoms with Crippen LogP contribution in [0.5, 0.6) is 0 Å². The quantitative estimate of drug-likeness (QED) is 0.745. The lowest BCUT2D eigenvalue weighted by Crippen LogP contribution is -2.43. The van der Waals surface area contributed by atoms with E-state index in [-0.39, 0.29) is 5.91 Å². The van der Waals surface area contributed by atoms with E-state index in [0.717, 1.165) is 69.2 Å². The maximum absolute atomic E-state index is 12.9. The van der Waals surface area contributed by atoms with E-state index in [2.05, 4.69) is 56.9 Å². The molecule has 29 heavy (non-hydrogen) atoms. The van der Waals surface area contributed by atoms with Gasteiger partial charge < -0.3 is 25.8 Å². The van der Waals surface area contributed by atoms with Crippen molar-refractivity contribution in [3.05, 3.63) is 53.1 Å². The minimum absolute atomic E-state index is 0.0521. The van der Waals surface area contributed by atoms with Gasteiger partial charge in [0.05, 0.1) is 0 Å². The van der Waals surface area contributed by atoms with Crippen molar-refractivity contribution < 1.29 is 4.79 Å². The van der Waals surface area contributed by atoms with Crippen molar-refractivity contribution in [1.82, 2.24) is 10.6 Å². The van der Waals surface area contributed by atoms with Crippen molar-refractivity contribution in [3.8, 4) is 0 Å². The Morgan fingerprint density at radius 3 is 2.10 bits per heavy atom. The van der Waals surface area contributed by atoms with Crippen molar-refractivity contribution >= 4 is 23.0 Å². The molecule has 0 bridgehead atoms. The number of nitrogens with zero attached hydrogens (tertiary/aromatic N) is 2. The SMILES string of the molecule is Cc1cc(N2CCNCC2)ccc1C(=O)Nc1ccc(N2CCNCC2)c(C)c1. The molecule has 2 aliphatic rings.